The first kappa shape index (κ1) is 17.0. The van der Waals surface area contributed by atoms with E-state index in [1.807, 2.05) is 25.3 Å². The quantitative estimate of drug-likeness (QED) is 0.853. The van der Waals surface area contributed by atoms with Crippen LogP contribution >= 0.6 is 0 Å². The van der Waals surface area contributed by atoms with E-state index in [1.54, 1.807) is 12.4 Å². The number of nitrogens with zero attached hydrogens (tertiary/aromatic N) is 4. The van der Waals surface area contributed by atoms with E-state index in [0.29, 0.717) is 13.0 Å². The Balaban J connectivity index is 1.51. The molecule has 0 radical (unpaired) electrons. The molecule has 2 aliphatic rings. The van der Waals surface area contributed by atoms with Gasteiger partial charge < -0.3 is 9.80 Å². The van der Waals surface area contributed by atoms with Gasteiger partial charge in [0.25, 0.3) is 0 Å². The van der Waals surface area contributed by atoms with Gasteiger partial charge in [-0.3, -0.25) is 14.8 Å². The van der Waals surface area contributed by atoms with E-state index >= 15 is 0 Å². The van der Waals surface area contributed by atoms with Gasteiger partial charge in [-0.25, -0.2) is 0 Å². The van der Waals surface area contributed by atoms with Crippen LogP contribution in [-0.2, 0) is 11.3 Å². The Hall–Kier alpha value is -2.43. The number of hydrogen-bond donors (Lipinski definition) is 0. The SMILES string of the molecule is Cc1cc(N2CCC[C@@]3(CCC(=O)N(Cc4ccncc4)C3)C2)ccn1. The molecule has 0 aromatic carbocycles. The monoisotopic (exact) mass is 350 g/mol. The number of piperidine rings is 2. The van der Waals surface area contributed by atoms with Gasteiger partial charge in [0.05, 0.1) is 0 Å². The Bertz CT molecular complexity index is 779. The molecule has 1 atom stereocenters. The summed E-state index contributed by atoms with van der Waals surface area (Å²) in [5.41, 5.74) is 3.67. The fourth-order valence-electron chi connectivity index (χ4n) is 4.44. The number of carbonyl (C=O) groups excluding carboxylic acids is 1. The molecule has 2 aromatic heterocycles. The summed E-state index contributed by atoms with van der Waals surface area (Å²) in [6.45, 7) is 5.70. The summed E-state index contributed by atoms with van der Waals surface area (Å²) in [5, 5.41) is 0. The van der Waals surface area contributed by atoms with Gasteiger partial charge in [0, 0.05) is 68.0 Å². The number of rotatable bonds is 3. The number of anilines is 1. The number of hydrogen-bond acceptors (Lipinski definition) is 4. The third-order valence-corrected chi connectivity index (χ3v) is 5.78. The Labute approximate surface area is 155 Å². The van der Waals surface area contributed by atoms with Gasteiger partial charge >= 0.3 is 0 Å². The van der Waals surface area contributed by atoms with Gasteiger partial charge in [-0.05, 0) is 56.0 Å². The largest absolute Gasteiger partial charge is 0.371 e. The fourth-order valence-corrected chi connectivity index (χ4v) is 4.44. The highest BCUT2D eigenvalue weighted by Gasteiger charge is 2.41. The zero-order valence-electron chi connectivity index (χ0n) is 15.4. The van der Waals surface area contributed by atoms with Crippen LogP contribution in [0.3, 0.4) is 0 Å². The molecule has 26 heavy (non-hydrogen) atoms. The molecule has 2 saturated heterocycles. The molecule has 1 amide bonds. The van der Waals surface area contributed by atoms with E-state index in [2.05, 4.69) is 31.9 Å². The third-order valence-electron chi connectivity index (χ3n) is 5.78. The maximum atomic E-state index is 12.5. The van der Waals surface area contributed by atoms with Gasteiger partial charge in [-0.15, -0.1) is 0 Å². The second-order valence-electron chi connectivity index (χ2n) is 7.79. The molecule has 2 aliphatic heterocycles. The highest BCUT2D eigenvalue weighted by Crippen LogP contribution is 2.40. The van der Waals surface area contributed by atoms with Crippen molar-refractivity contribution in [1.29, 1.82) is 0 Å². The molecule has 1 spiro atoms. The standard InChI is InChI=1S/C21H26N4O/c1-17-13-19(6-11-23-17)24-12-2-7-21(15-24)8-3-20(26)25(16-21)14-18-4-9-22-10-5-18/h4-6,9-11,13H,2-3,7-8,12,14-16H2,1H3/t21-/m1/s1. The molecule has 5 heteroatoms. The Morgan fingerprint density at radius 2 is 1.96 bits per heavy atom. The molecule has 2 fully saturated rings. The lowest BCUT2D eigenvalue weighted by Crippen LogP contribution is -2.53. The zero-order valence-corrected chi connectivity index (χ0v) is 15.4. The molecule has 0 N–H and O–H groups in total. The van der Waals surface area contributed by atoms with Crippen LogP contribution < -0.4 is 4.90 Å². The lowest BCUT2D eigenvalue weighted by atomic mass is 9.73. The highest BCUT2D eigenvalue weighted by molar-refractivity contribution is 5.77. The maximum absolute atomic E-state index is 12.5. The van der Waals surface area contributed by atoms with E-state index in [9.17, 15) is 4.79 Å². The predicted octanol–water partition coefficient (Wildman–Crippen LogP) is 3.19. The fraction of sp³-hybridized carbons (Fsp3) is 0.476. The van der Waals surface area contributed by atoms with E-state index in [-0.39, 0.29) is 11.3 Å². The third kappa shape index (κ3) is 3.57. The predicted molar refractivity (Wildman–Crippen MR) is 102 cm³/mol. The molecule has 0 aliphatic carbocycles. The van der Waals surface area contributed by atoms with Crippen LogP contribution in [0.25, 0.3) is 0 Å². The minimum absolute atomic E-state index is 0.205. The van der Waals surface area contributed by atoms with Gasteiger partial charge in [0.1, 0.15) is 0 Å². The molecule has 4 heterocycles. The van der Waals surface area contributed by atoms with Crippen LogP contribution in [0.1, 0.15) is 36.9 Å². The molecular weight excluding hydrogens is 324 g/mol. The van der Waals surface area contributed by atoms with Gasteiger partial charge in [-0.2, -0.15) is 0 Å². The van der Waals surface area contributed by atoms with Crippen molar-refractivity contribution >= 4 is 11.6 Å². The van der Waals surface area contributed by atoms with Crippen LogP contribution in [0, 0.1) is 12.3 Å². The van der Waals surface area contributed by atoms with Crippen LogP contribution in [-0.4, -0.2) is 40.4 Å². The van der Waals surface area contributed by atoms with Crippen LogP contribution in [0.2, 0.25) is 0 Å². The van der Waals surface area contributed by atoms with E-state index < -0.39 is 0 Å². The molecule has 2 aromatic rings. The Morgan fingerprint density at radius 3 is 2.77 bits per heavy atom. The highest BCUT2D eigenvalue weighted by atomic mass is 16.2. The second-order valence-corrected chi connectivity index (χ2v) is 7.79. The van der Waals surface area contributed by atoms with Crippen LogP contribution in [0.5, 0.6) is 0 Å². The summed E-state index contributed by atoms with van der Waals surface area (Å²) in [4.78, 5) is 25.4. The van der Waals surface area contributed by atoms with Crippen molar-refractivity contribution in [1.82, 2.24) is 14.9 Å². The van der Waals surface area contributed by atoms with E-state index in [0.717, 1.165) is 37.3 Å². The number of carbonyl (C=O) groups is 1. The second kappa shape index (κ2) is 7.06. The normalized spacial score (nSPS) is 23.5. The summed E-state index contributed by atoms with van der Waals surface area (Å²) >= 11 is 0. The molecule has 0 unspecified atom stereocenters. The van der Waals surface area contributed by atoms with Gasteiger partial charge in [-0.1, -0.05) is 0 Å². The number of aromatic nitrogens is 2. The zero-order chi connectivity index (χ0) is 18.0. The molecule has 0 bridgehead atoms. The van der Waals surface area contributed by atoms with Crippen molar-refractivity contribution in [3.8, 4) is 0 Å². The number of likely N-dealkylation sites (tertiary alicyclic amines) is 1. The molecule has 136 valence electrons. The van der Waals surface area contributed by atoms with Gasteiger partial charge in [0.15, 0.2) is 0 Å². The minimum Gasteiger partial charge on any atom is -0.371 e. The summed E-state index contributed by atoms with van der Waals surface area (Å²) in [6, 6.07) is 8.28. The lowest BCUT2D eigenvalue weighted by Gasteiger charge is -2.49. The number of aryl methyl sites for hydroxylation is 1. The van der Waals surface area contributed by atoms with Crippen molar-refractivity contribution < 1.29 is 4.79 Å². The minimum atomic E-state index is 0.205. The van der Waals surface area contributed by atoms with Crippen LogP contribution in [0.15, 0.2) is 42.9 Å². The summed E-state index contributed by atoms with van der Waals surface area (Å²) in [6.07, 6.45) is 9.53. The first-order chi connectivity index (χ1) is 12.6. The Morgan fingerprint density at radius 1 is 1.12 bits per heavy atom. The number of pyridine rings is 2. The van der Waals surface area contributed by atoms with Crippen LogP contribution in [0.4, 0.5) is 5.69 Å². The summed E-state index contributed by atoms with van der Waals surface area (Å²) < 4.78 is 0. The van der Waals surface area contributed by atoms with Crippen molar-refractivity contribution in [2.45, 2.75) is 39.2 Å². The summed E-state index contributed by atoms with van der Waals surface area (Å²) in [7, 11) is 0. The summed E-state index contributed by atoms with van der Waals surface area (Å²) in [5.74, 6) is 0.282. The molecular formula is C21H26N4O. The topological polar surface area (TPSA) is 49.3 Å². The first-order valence-corrected chi connectivity index (χ1v) is 9.48. The Kier molecular flexibility index (Phi) is 4.62. The van der Waals surface area contributed by atoms with Crippen molar-refractivity contribution in [3.63, 3.8) is 0 Å². The lowest BCUT2D eigenvalue weighted by molar-refractivity contribution is -0.138. The average Bonchev–Trinajstić information content (AvgIpc) is 2.66. The van der Waals surface area contributed by atoms with E-state index in [1.165, 1.54) is 18.5 Å². The smallest absolute Gasteiger partial charge is 0.222 e. The van der Waals surface area contributed by atoms with Crippen molar-refractivity contribution in [2.75, 3.05) is 24.5 Å². The molecule has 4 rings (SSSR count). The van der Waals surface area contributed by atoms with E-state index in [4.69, 9.17) is 0 Å². The number of amides is 1. The molecule has 0 saturated carbocycles. The average molecular weight is 350 g/mol. The van der Waals surface area contributed by atoms with Crippen molar-refractivity contribution in [3.05, 3.63) is 54.1 Å². The molecule has 5 nitrogen and oxygen atoms in total. The first-order valence-electron chi connectivity index (χ1n) is 9.48. The van der Waals surface area contributed by atoms with Crippen molar-refractivity contribution in [2.24, 2.45) is 5.41 Å². The maximum Gasteiger partial charge on any atom is 0.222 e. The van der Waals surface area contributed by atoms with Gasteiger partial charge in [0.2, 0.25) is 5.91 Å².